The fourth-order valence-electron chi connectivity index (χ4n) is 2.83. The second kappa shape index (κ2) is 5.77. The van der Waals surface area contributed by atoms with Crippen LogP contribution < -0.4 is 5.73 Å². The maximum absolute atomic E-state index is 12.8. The lowest BCUT2D eigenvalue weighted by atomic mass is 9.95. The fourth-order valence-corrected chi connectivity index (χ4v) is 2.83. The summed E-state index contributed by atoms with van der Waals surface area (Å²) < 4.78 is 5.13. The number of ether oxygens (including phenoxy) is 1. The van der Waals surface area contributed by atoms with Crippen molar-refractivity contribution in [1.29, 1.82) is 0 Å². The second-order valence-electron chi connectivity index (χ2n) is 5.31. The van der Waals surface area contributed by atoms with Crippen LogP contribution >= 0.6 is 0 Å². The minimum atomic E-state index is -1.08. The van der Waals surface area contributed by atoms with E-state index >= 15 is 0 Å². The zero-order chi connectivity index (χ0) is 15.6. The van der Waals surface area contributed by atoms with Crippen LogP contribution in [0.25, 0.3) is 0 Å². The number of amides is 2. The van der Waals surface area contributed by atoms with Crippen LogP contribution in [0.1, 0.15) is 34.7 Å². The Bertz CT molecular complexity index is 575. The summed E-state index contributed by atoms with van der Waals surface area (Å²) in [5, 5.41) is 0. The molecule has 0 bridgehead atoms. The molecule has 2 N–H and O–H groups in total. The summed E-state index contributed by atoms with van der Waals surface area (Å²) in [5.74, 6) is -0.217. The van der Waals surface area contributed by atoms with E-state index < -0.39 is 11.4 Å². The molecule has 1 unspecified atom stereocenters. The first-order chi connectivity index (χ1) is 9.92. The van der Waals surface area contributed by atoms with E-state index in [9.17, 15) is 9.59 Å². The smallest absolute Gasteiger partial charge is 0.258 e. The summed E-state index contributed by atoms with van der Waals surface area (Å²) in [5.41, 5.74) is 5.45. The van der Waals surface area contributed by atoms with Crippen LogP contribution in [0.2, 0.25) is 0 Å². The monoisotopic (exact) mass is 292 g/mol. The number of carbonyl (C=O) groups is 2. The van der Waals surface area contributed by atoms with Crippen molar-refractivity contribution < 1.29 is 14.3 Å². The molecule has 114 valence electrons. The molecule has 1 aliphatic heterocycles. The number of rotatable bonds is 4. The topological polar surface area (TPSA) is 98.4 Å². The molecule has 2 heterocycles. The normalized spacial score (nSPS) is 21.6. The number of hydrogen-bond donors (Lipinski definition) is 1. The lowest BCUT2D eigenvalue weighted by Gasteiger charge is -2.35. The molecular formula is C14H20N4O3. The molecule has 7 nitrogen and oxygen atoms in total. The number of aromatic nitrogens is 2. The Morgan fingerprint density at radius 1 is 1.48 bits per heavy atom. The van der Waals surface area contributed by atoms with Gasteiger partial charge in [0, 0.05) is 19.9 Å². The Hall–Kier alpha value is -2.02. The van der Waals surface area contributed by atoms with Crippen LogP contribution in [0.3, 0.4) is 0 Å². The minimum absolute atomic E-state index is 0.0971. The Morgan fingerprint density at radius 3 is 2.76 bits per heavy atom. The van der Waals surface area contributed by atoms with E-state index in [0.717, 1.165) is 0 Å². The van der Waals surface area contributed by atoms with Gasteiger partial charge in [0.15, 0.2) is 0 Å². The average molecular weight is 292 g/mol. The Balaban J connectivity index is 2.39. The highest BCUT2D eigenvalue weighted by molar-refractivity contribution is 6.00. The van der Waals surface area contributed by atoms with Gasteiger partial charge in [-0.25, -0.2) is 9.97 Å². The van der Waals surface area contributed by atoms with Crippen molar-refractivity contribution in [2.45, 2.75) is 32.2 Å². The minimum Gasteiger partial charge on any atom is -0.382 e. The molecular weight excluding hydrogens is 272 g/mol. The summed E-state index contributed by atoms with van der Waals surface area (Å²) >= 11 is 0. The van der Waals surface area contributed by atoms with Crippen molar-refractivity contribution in [3.05, 3.63) is 23.3 Å². The standard InChI is InChI=1S/C14H20N4O3/c1-9-11(7-16-10(2)17-9)12(19)18-6-4-5-14(18,8-21-3)13(15)20/h7H,4-6,8H2,1-3H3,(H2,15,20). The van der Waals surface area contributed by atoms with Gasteiger partial charge in [-0.05, 0) is 26.7 Å². The molecule has 1 saturated heterocycles. The third-order valence-electron chi connectivity index (χ3n) is 3.91. The van der Waals surface area contributed by atoms with Crippen molar-refractivity contribution in [3.8, 4) is 0 Å². The number of aryl methyl sites for hydroxylation is 2. The zero-order valence-electron chi connectivity index (χ0n) is 12.5. The number of primary amides is 1. The van der Waals surface area contributed by atoms with Crippen LogP contribution in [0, 0.1) is 13.8 Å². The Kier molecular flexibility index (Phi) is 4.22. The maximum atomic E-state index is 12.8. The van der Waals surface area contributed by atoms with Crippen LogP contribution in [0.4, 0.5) is 0 Å². The van der Waals surface area contributed by atoms with Crippen molar-refractivity contribution in [1.82, 2.24) is 14.9 Å². The van der Waals surface area contributed by atoms with Gasteiger partial charge >= 0.3 is 0 Å². The lowest BCUT2D eigenvalue weighted by Crippen LogP contribution is -2.58. The number of likely N-dealkylation sites (tertiary alicyclic amines) is 1. The molecule has 1 aromatic rings. The number of nitrogens with two attached hydrogens (primary N) is 1. The quantitative estimate of drug-likeness (QED) is 0.854. The molecule has 0 radical (unpaired) electrons. The predicted octanol–water partition coefficient (Wildman–Crippen LogP) is 0.200. The van der Waals surface area contributed by atoms with Crippen LogP contribution in [-0.4, -0.2) is 52.5 Å². The predicted molar refractivity (Wildman–Crippen MR) is 75.6 cm³/mol. The number of carbonyl (C=O) groups excluding carboxylic acids is 2. The van der Waals surface area contributed by atoms with Crippen molar-refractivity contribution in [2.75, 3.05) is 20.3 Å². The summed E-state index contributed by atoms with van der Waals surface area (Å²) in [4.78, 5) is 34.4. The highest BCUT2D eigenvalue weighted by atomic mass is 16.5. The molecule has 0 saturated carbocycles. The molecule has 1 fully saturated rings. The summed E-state index contributed by atoms with van der Waals surface area (Å²) in [6, 6.07) is 0. The van der Waals surface area contributed by atoms with Gasteiger partial charge in [0.05, 0.1) is 17.9 Å². The number of hydrogen-bond acceptors (Lipinski definition) is 5. The van der Waals surface area contributed by atoms with E-state index in [0.29, 0.717) is 36.5 Å². The lowest BCUT2D eigenvalue weighted by molar-refractivity contribution is -0.130. The van der Waals surface area contributed by atoms with Crippen LogP contribution in [-0.2, 0) is 9.53 Å². The molecule has 0 spiro atoms. The highest BCUT2D eigenvalue weighted by Crippen LogP contribution is 2.31. The van der Waals surface area contributed by atoms with Crippen molar-refractivity contribution in [3.63, 3.8) is 0 Å². The largest absolute Gasteiger partial charge is 0.382 e. The summed E-state index contributed by atoms with van der Waals surface area (Å²) in [6.07, 6.45) is 2.72. The fraction of sp³-hybridized carbons (Fsp3) is 0.571. The molecule has 1 aliphatic rings. The first-order valence-corrected chi connectivity index (χ1v) is 6.83. The maximum Gasteiger partial charge on any atom is 0.258 e. The molecule has 0 aromatic carbocycles. The van der Waals surface area contributed by atoms with E-state index in [-0.39, 0.29) is 12.5 Å². The average Bonchev–Trinajstić information content (AvgIpc) is 2.83. The van der Waals surface area contributed by atoms with E-state index in [1.165, 1.54) is 18.2 Å². The number of nitrogens with zero attached hydrogens (tertiary/aromatic N) is 3. The molecule has 7 heteroatoms. The van der Waals surface area contributed by atoms with Gasteiger partial charge in [0.2, 0.25) is 5.91 Å². The molecule has 0 aliphatic carbocycles. The van der Waals surface area contributed by atoms with Gasteiger partial charge in [-0.2, -0.15) is 0 Å². The third-order valence-corrected chi connectivity index (χ3v) is 3.91. The SMILES string of the molecule is COCC1(C(N)=O)CCCN1C(=O)c1cnc(C)nc1C. The van der Waals surface area contributed by atoms with Gasteiger partial charge in [0.25, 0.3) is 5.91 Å². The molecule has 2 rings (SSSR count). The van der Waals surface area contributed by atoms with E-state index in [1.54, 1.807) is 13.8 Å². The molecule has 1 atom stereocenters. The number of methoxy groups -OCH3 is 1. The van der Waals surface area contributed by atoms with E-state index in [1.807, 2.05) is 0 Å². The van der Waals surface area contributed by atoms with Gasteiger partial charge in [0.1, 0.15) is 11.4 Å². The van der Waals surface area contributed by atoms with Gasteiger partial charge in [-0.15, -0.1) is 0 Å². The Labute approximate surface area is 123 Å². The second-order valence-corrected chi connectivity index (χ2v) is 5.31. The van der Waals surface area contributed by atoms with Crippen molar-refractivity contribution in [2.24, 2.45) is 5.73 Å². The van der Waals surface area contributed by atoms with Crippen LogP contribution in [0.5, 0.6) is 0 Å². The van der Waals surface area contributed by atoms with E-state index in [4.69, 9.17) is 10.5 Å². The van der Waals surface area contributed by atoms with Gasteiger partial charge in [-0.1, -0.05) is 0 Å². The van der Waals surface area contributed by atoms with E-state index in [2.05, 4.69) is 9.97 Å². The first-order valence-electron chi connectivity index (χ1n) is 6.83. The summed E-state index contributed by atoms with van der Waals surface area (Å²) in [7, 11) is 1.49. The van der Waals surface area contributed by atoms with Crippen LogP contribution in [0.15, 0.2) is 6.20 Å². The van der Waals surface area contributed by atoms with Crippen molar-refractivity contribution >= 4 is 11.8 Å². The highest BCUT2D eigenvalue weighted by Gasteiger charge is 2.49. The molecule has 2 amide bonds. The van der Waals surface area contributed by atoms with Gasteiger partial charge < -0.3 is 15.4 Å². The summed E-state index contributed by atoms with van der Waals surface area (Å²) in [6.45, 7) is 4.08. The van der Waals surface area contributed by atoms with Gasteiger partial charge in [-0.3, -0.25) is 9.59 Å². The molecule has 21 heavy (non-hydrogen) atoms. The first kappa shape index (κ1) is 15.4. The molecule has 1 aromatic heterocycles. The third kappa shape index (κ3) is 2.61. The zero-order valence-corrected chi connectivity index (χ0v) is 12.5. The Morgan fingerprint density at radius 2 is 2.19 bits per heavy atom.